The third kappa shape index (κ3) is 1.44. The summed E-state index contributed by atoms with van der Waals surface area (Å²) in [5.74, 6) is 0.111. The molecule has 13 heavy (non-hydrogen) atoms. The van der Waals surface area contributed by atoms with E-state index in [4.69, 9.17) is 10.5 Å². The van der Waals surface area contributed by atoms with Crippen LogP contribution in [0.3, 0.4) is 0 Å². The van der Waals surface area contributed by atoms with Gasteiger partial charge in [-0.1, -0.05) is 0 Å². The van der Waals surface area contributed by atoms with E-state index >= 15 is 0 Å². The Morgan fingerprint density at radius 1 is 1.62 bits per heavy atom. The number of hydrogen-bond acceptors (Lipinski definition) is 3. The van der Waals surface area contributed by atoms with Gasteiger partial charge in [-0.05, 0) is 19.8 Å². The molecule has 0 spiro atoms. The predicted molar refractivity (Wildman–Crippen MR) is 48.1 cm³/mol. The van der Waals surface area contributed by atoms with Gasteiger partial charge in [0.25, 0.3) is 0 Å². The standard InChI is InChI=1S/C9H16N2O2/c1-2-13-7-3-6(4-7)11-5-8(10)9(11)12/h6-8H,2-5,10H2,1H3. The Morgan fingerprint density at radius 2 is 2.31 bits per heavy atom. The normalized spacial score (nSPS) is 38.5. The molecule has 1 heterocycles. The molecule has 0 radical (unpaired) electrons. The van der Waals surface area contributed by atoms with Gasteiger partial charge in [0.05, 0.1) is 6.10 Å². The Bertz CT molecular complexity index is 214. The molecule has 2 N–H and O–H groups in total. The van der Waals surface area contributed by atoms with Crippen molar-refractivity contribution in [2.75, 3.05) is 13.2 Å². The lowest BCUT2D eigenvalue weighted by atomic mass is 9.85. The van der Waals surface area contributed by atoms with E-state index in [-0.39, 0.29) is 11.9 Å². The molecule has 2 aliphatic rings. The van der Waals surface area contributed by atoms with E-state index in [1.165, 1.54) is 0 Å². The topological polar surface area (TPSA) is 55.6 Å². The highest BCUT2D eigenvalue weighted by molar-refractivity contribution is 5.88. The second-order valence-corrected chi connectivity index (χ2v) is 3.80. The zero-order valence-corrected chi connectivity index (χ0v) is 7.90. The molecule has 1 aliphatic heterocycles. The molecule has 1 saturated carbocycles. The van der Waals surface area contributed by atoms with E-state index in [9.17, 15) is 4.79 Å². The van der Waals surface area contributed by atoms with Crippen LogP contribution in [-0.4, -0.2) is 42.1 Å². The average molecular weight is 184 g/mol. The van der Waals surface area contributed by atoms with Crippen LogP contribution in [0.15, 0.2) is 0 Å². The molecule has 4 nitrogen and oxygen atoms in total. The van der Waals surface area contributed by atoms with Gasteiger partial charge in [-0.25, -0.2) is 0 Å². The lowest BCUT2D eigenvalue weighted by Gasteiger charge is -2.48. The van der Waals surface area contributed by atoms with Crippen LogP contribution in [0.5, 0.6) is 0 Å². The van der Waals surface area contributed by atoms with E-state index in [1.54, 1.807) is 0 Å². The smallest absolute Gasteiger partial charge is 0.241 e. The van der Waals surface area contributed by atoms with Gasteiger partial charge in [0, 0.05) is 19.2 Å². The molecule has 1 amide bonds. The maximum atomic E-state index is 11.2. The number of hydrogen-bond donors (Lipinski definition) is 1. The zero-order chi connectivity index (χ0) is 9.42. The molecule has 1 atom stereocenters. The average Bonchev–Trinajstić information content (AvgIpc) is 2.07. The summed E-state index contributed by atoms with van der Waals surface area (Å²) in [6.45, 7) is 3.51. The summed E-state index contributed by atoms with van der Waals surface area (Å²) < 4.78 is 5.42. The van der Waals surface area contributed by atoms with Crippen molar-refractivity contribution < 1.29 is 9.53 Å². The number of ether oxygens (including phenoxy) is 1. The third-order valence-corrected chi connectivity index (χ3v) is 2.91. The Kier molecular flexibility index (Phi) is 2.26. The molecular formula is C9H16N2O2. The first-order valence-electron chi connectivity index (χ1n) is 4.90. The highest BCUT2D eigenvalue weighted by Gasteiger charge is 2.44. The van der Waals surface area contributed by atoms with E-state index < -0.39 is 0 Å². The van der Waals surface area contributed by atoms with E-state index in [0.717, 1.165) is 26.0 Å². The number of likely N-dealkylation sites (tertiary alicyclic amines) is 1. The van der Waals surface area contributed by atoms with Gasteiger partial charge in [0.2, 0.25) is 5.91 Å². The van der Waals surface area contributed by atoms with Crippen LogP contribution >= 0.6 is 0 Å². The van der Waals surface area contributed by atoms with Crippen molar-refractivity contribution >= 4 is 5.91 Å². The summed E-state index contributed by atoms with van der Waals surface area (Å²) in [5, 5.41) is 0. The van der Waals surface area contributed by atoms with E-state index in [1.807, 2.05) is 11.8 Å². The van der Waals surface area contributed by atoms with Crippen molar-refractivity contribution in [2.24, 2.45) is 5.73 Å². The number of carbonyl (C=O) groups is 1. The lowest BCUT2D eigenvalue weighted by Crippen LogP contribution is -2.67. The van der Waals surface area contributed by atoms with Gasteiger partial charge in [0.1, 0.15) is 6.04 Å². The summed E-state index contributed by atoms with van der Waals surface area (Å²) >= 11 is 0. The number of nitrogens with two attached hydrogens (primary N) is 1. The highest BCUT2D eigenvalue weighted by Crippen LogP contribution is 2.31. The van der Waals surface area contributed by atoms with Crippen molar-refractivity contribution in [1.29, 1.82) is 0 Å². The maximum Gasteiger partial charge on any atom is 0.241 e. The van der Waals surface area contributed by atoms with Crippen LogP contribution in [0, 0.1) is 0 Å². The molecular weight excluding hydrogens is 168 g/mol. The van der Waals surface area contributed by atoms with Crippen molar-refractivity contribution in [1.82, 2.24) is 4.90 Å². The summed E-state index contributed by atoms with van der Waals surface area (Å²) in [5.41, 5.74) is 5.50. The minimum atomic E-state index is -0.230. The molecule has 0 aromatic carbocycles. The van der Waals surface area contributed by atoms with Crippen LogP contribution in [0.4, 0.5) is 0 Å². The first kappa shape index (κ1) is 8.97. The Morgan fingerprint density at radius 3 is 2.77 bits per heavy atom. The minimum Gasteiger partial charge on any atom is -0.378 e. The molecule has 0 aromatic rings. The fourth-order valence-electron chi connectivity index (χ4n) is 1.97. The number of amides is 1. The van der Waals surface area contributed by atoms with Crippen LogP contribution in [-0.2, 0) is 9.53 Å². The van der Waals surface area contributed by atoms with E-state index in [2.05, 4.69) is 0 Å². The van der Waals surface area contributed by atoms with Gasteiger partial charge >= 0.3 is 0 Å². The molecule has 1 saturated heterocycles. The van der Waals surface area contributed by atoms with Crippen molar-refractivity contribution in [3.05, 3.63) is 0 Å². The summed E-state index contributed by atoms with van der Waals surface area (Å²) in [6.07, 6.45) is 2.36. The van der Waals surface area contributed by atoms with Crippen LogP contribution in [0.2, 0.25) is 0 Å². The molecule has 1 aliphatic carbocycles. The van der Waals surface area contributed by atoms with Gasteiger partial charge < -0.3 is 15.4 Å². The van der Waals surface area contributed by atoms with Gasteiger partial charge in [-0.2, -0.15) is 0 Å². The summed E-state index contributed by atoms with van der Waals surface area (Å²) in [6, 6.07) is 0.176. The van der Waals surface area contributed by atoms with Crippen LogP contribution in [0.1, 0.15) is 19.8 Å². The zero-order valence-electron chi connectivity index (χ0n) is 7.90. The maximum absolute atomic E-state index is 11.2. The van der Waals surface area contributed by atoms with Gasteiger partial charge in [-0.3, -0.25) is 4.79 Å². The monoisotopic (exact) mass is 184 g/mol. The summed E-state index contributed by atoms with van der Waals surface area (Å²) in [4.78, 5) is 13.1. The minimum absolute atomic E-state index is 0.111. The number of nitrogens with zero attached hydrogens (tertiary/aromatic N) is 1. The largest absolute Gasteiger partial charge is 0.378 e. The molecule has 1 unspecified atom stereocenters. The van der Waals surface area contributed by atoms with E-state index in [0.29, 0.717) is 12.1 Å². The first-order chi connectivity index (χ1) is 6.22. The quantitative estimate of drug-likeness (QED) is 0.614. The second-order valence-electron chi connectivity index (χ2n) is 3.80. The molecule has 4 heteroatoms. The number of rotatable bonds is 3. The molecule has 0 bridgehead atoms. The molecule has 2 fully saturated rings. The number of β-lactam (4-membered cyclic amide) rings is 1. The molecule has 74 valence electrons. The second kappa shape index (κ2) is 3.27. The van der Waals surface area contributed by atoms with Gasteiger partial charge in [-0.15, -0.1) is 0 Å². The third-order valence-electron chi connectivity index (χ3n) is 2.91. The van der Waals surface area contributed by atoms with Crippen molar-refractivity contribution in [3.63, 3.8) is 0 Å². The fourth-order valence-corrected chi connectivity index (χ4v) is 1.97. The van der Waals surface area contributed by atoms with Crippen molar-refractivity contribution in [3.8, 4) is 0 Å². The van der Waals surface area contributed by atoms with Crippen molar-refractivity contribution in [2.45, 2.75) is 38.0 Å². The van der Waals surface area contributed by atoms with Crippen LogP contribution in [0.25, 0.3) is 0 Å². The number of carbonyl (C=O) groups excluding carboxylic acids is 1. The SMILES string of the molecule is CCOC1CC(N2CC(N)C2=O)C1. The Labute approximate surface area is 78.0 Å². The molecule has 2 rings (SSSR count). The summed E-state index contributed by atoms with van der Waals surface area (Å²) in [7, 11) is 0. The fraction of sp³-hybridized carbons (Fsp3) is 0.889. The lowest BCUT2D eigenvalue weighted by molar-refractivity contribution is -0.153. The predicted octanol–water partition coefficient (Wildman–Crippen LogP) is -0.277. The molecule has 0 aromatic heterocycles. The Hall–Kier alpha value is -0.610. The first-order valence-corrected chi connectivity index (χ1v) is 4.90. The Balaban J connectivity index is 1.72. The van der Waals surface area contributed by atoms with Crippen LogP contribution < -0.4 is 5.73 Å². The van der Waals surface area contributed by atoms with Gasteiger partial charge in [0.15, 0.2) is 0 Å². The highest BCUT2D eigenvalue weighted by atomic mass is 16.5.